The molecular weight excluding hydrogens is 296 g/mol. The number of sulfone groups is 1. The molecule has 0 amide bonds. The van der Waals surface area contributed by atoms with Crippen molar-refractivity contribution in [3.8, 4) is 0 Å². The van der Waals surface area contributed by atoms with E-state index >= 15 is 0 Å². The summed E-state index contributed by atoms with van der Waals surface area (Å²) in [5.41, 5.74) is 0.156. The smallest absolute Gasteiger partial charge is 0.373 e. The molecule has 0 aliphatic rings. The van der Waals surface area contributed by atoms with Crippen LogP contribution in [0.1, 0.15) is 26.7 Å². The Balaban J connectivity index is 2.37. The monoisotopic (exact) mass is 308 g/mol. The lowest BCUT2D eigenvalue weighted by Crippen LogP contribution is -2.04. The van der Waals surface area contributed by atoms with Crippen LogP contribution in [0.25, 0.3) is 0 Å². The van der Waals surface area contributed by atoms with Crippen molar-refractivity contribution in [1.82, 2.24) is 0 Å². The van der Waals surface area contributed by atoms with Crippen molar-refractivity contribution in [2.24, 2.45) is 0 Å². The highest BCUT2D eigenvalue weighted by Gasteiger charge is 2.18. The first-order valence-electron chi connectivity index (χ1n) is 5.86. The Morgan fingerprint density at radius 2 is 1.76 bits per heavy atom. The number of methoxy groups -OCH3 is 1. The van der Waals surface area contributed by atoms with Crippen LogP contribution in [0.15, 0.2) is 45.7 Å². The molecule has 110 valence electrons. The van der Waals surface area contributed by atoms with Gasteiger partial charge in [-0.3, -0.25) is 4.79 Å². The fourth-order valence-corrected chi connectivity index (χ4v) is 2.35. The van der Waals surface area contributed by atoms with Crippen molar-refractivity contribution < 1.29 is 27.2 Å². The molecule has 0 spiro atoms. The molecule has 0 atom stereocenters. The Kier molecular flexibility index (Phi) is 3.95. The van der Waals surface area contributed by atoms with Gasteiger partial charge in [-0.05, 0) is 24.3 Å². The number of rotatable bonds is 4. The van der Waals surface area contributed by atoms with E-state index in [2.05, 4.69) is 4.74 Å². The van der Waals surface area contributed by atoms with Crippen LogP contribution in [0.5, 0.6) is 0 Å². The Labute approximate surface area is 121 Å². The second-order valence-electron chi connectivity index (χ2n) is 4.28. The SMILES string of the molecule is COC(=O)c1ccc(C(=O)c2cccc(S(C)(=O)=O)c2)o1. The zero-order valence-electron chi connectivity index (χ0n) is 11.3. The molecule has 21 heavy (non-hydrogen) atoms. The van der Waals surface area contributed by atoms with Crippen LogP contribution < -0.4 is 0 Å². The van der Waals surface area contributed by atoms with Gasteiger partial charge in [0, 0.05) is 11.8 Å². The fraction of sp³-hybridized carbons (Fsp3) is 0.143. The van der Waals surface area contributed by atoms with E-state index in [9.17, 15) is 18.0 Å². The lowest BCUT2D eigenvalue weighted by Gasteiger charge is -2.01. The number of carbonyl (C=O) groups excluding carboxylic acids is 2. The number of esters is 1. The first-order valence-corrected chi connectivity index (χ1v) is 7.75. The first-order chi connectivity index (χ1) is 9.82. The molecule has 0 fully saturated rings. The van der Waals surface area contributed by atoms with Crippen LogP contribution >= 0.6 is 0 Å². The standard InChI is InChI=1S/C14H12O6S/c1-19-14(16)12-7-6-11(20-12)13(15)9-4-3-5-10(8-9)21(2,17)18/h3-8H,1-2H3. The quantitative estimate of drug-likeness (QED) is 0.630. The molecule has 0 aliphatic carbocycles. The highest BCUT2D eigenvalue weighted by atomic mass is 32.2. The molecule has 2 rings (SSSR count). The van der Waals surface area contributed by atoms with Crippen molar-refractivity contribution in [1.29, 1.82) is 0 Å². The Hall–Kier alpha value is -2.41. The van der Waals surface area contributed by atoms with Gasteiger partial charge >= 0.3 is 5.97 Å². The maximum Gasteiger partial charge on any atom is 0.373 e. The second-order valence-corrected chi connectivity index (χ2v) is 6.30. The van der Waals surface area contributed by atoms with Crippen LogP contribution in [0.2, 0.25) is 0 Å². The van der Waals surface area contributed by atoms with Gasteiger partial charge in [0.05, 0.1) is 12.0 Å². The Bertz CT molecular complexity index is 800. The van der Waals surface area contributed by atoms with Crippen LogP contribution in [-0.2, 0) is 14.6 Å². The van der Waals surface area contributed by atoms with Gasteiger partial charge in [-0.25, -0.2) is 13.2 Å². The lowest BCUT2D eigenvalue weighted by molar-refractivity contribution is 0.0563. The summed E-state index contributed by atoms with van der Waals surface area (Å²) < 4.78 is 32.5. The zero-order chi connectivity index (χ0) is 15.6. The van der Waals surface area contributed by atoms with E-state index in [4.69, 9.17) is 4.42 Å². The number of carbonyl (C=O) groups is 2. The molecule has 1 aromatic carbocycles. The predicted molar refractivity (Wildman–Crippen MR) is 73.0 cm³/mol. The van der Waals surface area contributed by atoms with Crippen molar-refractivity contribution in [3.63, 3.8) is 0 Å². The van der Waals surface area contributed by atoms with Crippen molar-refractivity contribution in [2.75, 3.05) is 13.4 Å². The highest BCUT2D eigenvalue weighted by Crippen LogP contribution is 2.17. The van der Waals surface area contributed by atoms with Crippen molar-refractivity contribution >= 4 is 21.6 Å². The van der Waals surface area contributed by atoms with Gasteiger partial charge in [0.25, 0.3) is 0 Å². The van der Waals surface area contributed by atoms with Crippen molar-refractivity contribution in [2.45, 2.75) is 4.90 Å². The van der Waals surface area contributed by atoms with Gasteiger partial charge in [0.15, 0.2) is 15.6 Å². The number of ether oxygens (including phenoxy) is 1. The van der Waals surface area contributed by atoms with E-state index in [0.29, 0.717) is 0 Å². The minimum absolute atomic E-state index is 0.0353. The van der Waals surface area contributed by atoms with Gasteiger partial charge < -0.3 is 9.15 Å². The van der Waals surface area contributed by atoms with Gasteiger partial charge in [0.2, 0.25) is 11.5 Å². The summed E-state index contributed by atoms with van der Waals surface area (Å²) in [6.07, 6.45) is 1.05. The molecule has 0 aliphatic heterocycles. The average Bonchev–Trinajstić information content (AvgIpc) is 2.94. The molecule has 6 nitrogen and oxygen atoms in total. The largest absolute Gasteiger partial charge is 0.463 e. The molecule has 1 aromatic heterocycles. The lowest BCUT2D eigenvalue weighted by atomic mass is 10.1. The highest BCUT2D eigenvalue weighted by molar-refractivity contribution is 7.90. The Morgan fingerprint density at radius 3 is 2.38 bits per heavy atom. The maximum absolute atomic E-state index is 12.2. The van der Waals surface area contributed by atoms with Gasteiger partial charge in [-0.2, -0.15) is 0 Å². The first kappa shape index (κ1) is 15.0. The summed E-state index contributed by atoms with van der Waals surface area (Å²) in [6.45, 7) is 0. The van der Waals surface area contributed by atoms with Crippen LogP contribution in [0.3, 0.4) is 0 Å². The molecule has 0 saturated carbocycles. The summed E-state index contributed by atoms with van der Waals surface area (Å²) in [5, 5.41) is 0. The van der Waals surface area contributed by atoms with Crippen molar-refractivity contribution in [3.05, 3.63) is 53.5 Å². The number of hydrogen-bond acceptors (Lipinski definition) is 6. The third-order valence-electron chi connectivity index (χ3n) is 2.74. The molecule has 2 aromatic rings. The second kappa shape index (κ2) is 5.53. The number of ketones is 1. The van der Waals surface area contributed by atoms with Gasteiger partial charge in [0.1, 0.15) is 0 Å². The summed E-state index contributed by atoms with van der Waals surface area (Å²) in [6, 6.07) is 8.25. The number of benzene rings is 1. The van der Waals surface area contributed by atoms with Gasteiger partial charge in [-0.15, -0.1) is 0 Å². The summed E-state index contributed by atoms with van der Waals surface area (Å²) in [7, 11) is -2.21. The van der Waals surface area contributed by atoms with E-state index in [1.54, 1.807) is 0 Å². The average molecular weight is 308 g/mol. The summed E-state index contributed by atoms with van der Waals surface area (Å²) >= 11 is 0. The Morgan fingerprint density at radius 1 is 1.10 bits per heavy atom. The summed E-state index contributed by atoms with van der Waals surface area (Å²) in [5.74, 6) is -1.38. The number of furan rings is 1. The van der Waals surface area contributed by atoms with Crippen LogP contribution in [-0.4, -0.2) is 33.5 Å². The molecule has 7 heteroatoms. The van der Waals surface area contributed by atoms with E-state index in [-0.39, 0.29) is 22.0 Å². The minimum Gasteiger partial charge on any atom is -0.463 e. The van der Waals surface area contributed by atoms with Gasteiger partial charge in [-0.1, -0.05) is 12.1 Å². The maximum atomic E-state index is 12.2. The molecule has 0 unspecified atom stereocenters. The molecule has 1 heterocycles. The third kappa shape index (κ3) is 3.19. The van der Waals surface area contributed by atoms with E-state index in [0.717, 1.165) is 6.26 Å². The van der Waals surface area contributed by atoms with E-state index in [1.165, 1.54) is 43.5 Å². The minimum atomic E-state index is -3.41. The predicted octanol–water partition coefficient (Wildman–Crippen LogP) is 1.70. The normalized spacial score (nSPS) is 11.1. The molecule has 0 saturated heterocycles. The number of hydrogen-bond donors (Lipinski definition) is 0. The summed E-state index contributed by atoms with van der Waals surface area (Å²) in [4.78, 5) is 23.5. The van der Waals surface area contributed by atoms with E-state index < -0.39 is 21.6 Å². The molecule has 0 bridgehead atoms. The molecule has 0 N–H and O–H groups in total. The molecular formula is C14H12O6S. The topological polar surface area (TPSA) is 90.7 Å². The zero-order valence-corrected chi connectivity index (χ0v) is 12.1. The third-order valence-corrected chi connectivity index (χ3v) is 3.85. The fourth-order valence-electron chi connectivity index (χ4n) is 1.68. The van der Waals surface area contributed by atoms with Crippen LogP contribution in [0.4, 0.5) is 0 Å². The van der Waals surface area contributed by atoms with E-state index in [1.807, 2.05) is 0 Å². The van der Waals surface area contributed by atoms with Crippen LogP contribution in [0, 0.1) is 0 Å². The molecule has 0 radical (unpaired) electrons.